The number of aryl methyl sites for hydroxylation is 1. The predicted octanol–water partition coefficient (Wildman–Crippen LogP) is 1.57. The largest absolute Gasteiger partial charge is 0.335 e. The molecule has 0 radical (unpaired) electrons. The van der Waals surface area contributed by atoms with E-state index in [0.717, 1.165) is 0 Å². The van der Waals surface area contributed by atoms with Crippen LogP contribution in [0, 0.1) is 24.0 Å². The molecular weight excluding hydrogens is 287 g/mol. The Morgan fingerprint density at radius 2 is 2.08 bits per heavy atom. The van der Waals surface area contributed by atoms with Crippen molar-refractivity contribution in [3.63, 3.8) is 0 Å². The molecule has 0 unspecified atom stereocenters. The highest BCUT2D eigenvalue weighted by Gasteiger charge is 2.18. The first-order chi connectivity index (χ1) is 5.95. The molecule has 0 saturated heterocycles. The maximum Gasteiger partial charge on any atom is 0.335 e. The summed E-state index contributed by atoms with van der Waals surface area (Å²) in [6, 6.07) is 1.26. The molecule has 0 aromatic carbocycles. The van der Waals surface area contributed by atoms with Crippen LogP contribution in [-0.4, -0.2) is 7.70 Å². The normalized spacial score (nSPS) is 10.1. The number of hydrogen-bond donors (Lipinski definition) is 0. The van der Waals surface area contributed by atoms with E-state index in [-0.39, 0.29) is 5.69 Å². The second kappa shape index (κ2) is 3.44. The van der Waals surface area contributed by atoms with Crippen molar-refractivity contribution in [1.29, 1.82) is 0 Å². The highest BCUT2D eigenvalue weighted by molar-refractivity contribution is 14.1. The maximum atomic E-state index is 11.2. The van der Waals surface area contributed by atoms with Gasteiger partial charge in [-0.05, 0) is 13.8 Å². The molecular formula is C7H7IN2O3. The van der Waals surface area contributed by atoms with Crippen LogP contribution in [0.3, 0.4) is 0 Å². The number of rotatable bonds is 1. The van der Waals surface area contributed by atoms with Gasteiger partial charge in [-0.2, -0.15) is 0 Å². The van der Waals surface area contributed by atoms with Crippen LogP contribution in [-0.2, 0) is 0 Å². The molecule has 1 rings (SSSR count). The Hall–Kier alpha value is -0.920. The molecule has 1 heterocycles. The molecule has 70 valence electrons. The lowest BCUT2D eigenvalue weighted by Crippen LogP contribution is -2.13. The average Bonchev–Trinajstić information content (AvgIpc) is 1.99. The molecule has 6 heteroatoms. The van der Waals surface area contributed by atoms with Gasteiger partial charge in [-0.15, -0.1) is 0 Å². The summed E-state index contributed by atoms with van der Waals surface area (Å²) in [6.45, 7) is 3.28. The smallest absolute Gasteiger partial charge is 0.284 e. The Kier molecular flexibility index (Phi) is 2.69. The fraction of sp³-hybridized carbons (Fsp3) is 0.286. The summed E-state index contributed by atoms with van der Waals surface area (Å²) in [7, 11) is 0. The Bertz CT molecular complexity index is 424. The van der Waals surface area contributed by atoms with Gasteiger partial charge in [0.05, 0.1) is 27.8 Å². The second-order valence-corrected chi connectivity index (χ2v) is 3.59. The summed E-state index contributed by atoms with van der Waals surface area (Å²) < 4.78 is 1.59. The Morgan fingerprint density at radius 1 is 1.54 bits per heavy atom. The number of halogens is 1. The lowest BCUT2D eigenvalue weighted by Gasteiger charge is -2.04. The molecule has 0 amide bonds. The van der Waals surface area contributed by atoms with Gasteiger partial charge < -0.3 is 0 Å². The molecule has 0 atom stereocenters. The topological polar surface area (TPSA) is 65.1 Å². The van der Waals surface area contributed by atoms with Gasteiger partial charge in [-0.1, -0.05) is 0 Å². The molecule has 0 N–H and O–H groups in total. The van der Waals surface area contributed by atoms with Gasteiger partial charge in [0.15, 0.2) is 0 Å². The first-order valence-corrected chi connectivity index (χ1v) is 4.45. The Morgan fingerprint density at radius 3 is 2.54 bits per heavy atom. The van der Waals surface area contributed by atoms with Crippen LogP contribution in [0.1, 0.15) is 11.4 Å². The van der Waals surface area contributed by atoms with Crippen molar-refractivity contribution in [2.75, 3.05) is 0 Å². The molecule has 0 saturated carbocycles. The highest BCUT2D eigenvalue weighted by atomic mass is 127. The molecule has 13 heavy (non-hydrogen) atoms. The lowest BCUT2D eigenvalue weighted by atomic mass is 10.3. The van der Waals surface area contributed by atoms with Crippen LogP contribution in [0.4, 0.5) is 5.69 Å². The first kappa shape index (κ1) is 10.2. The van der Waals surface area contributed by atoms with E-state index in [9.17, 15) is 14.9 Å². The van der Waals surface area contributed by atoms with E-state index < -0.39 is 10.4 Å². The van der Waals surface area contributed by atoms with Crippen molar-refractivity contribution in [3.8, 4) is 0 Å². The SMILES string of the molecule is Cc1cc(=O)c([N+](=O)[O-])c(C)n1I. The van der Waals surface area contributed by atoms with Crippen molar-refractivity contribution in [2.24, 2.45) is 0 Å². The van der Waals surface area contributed by atoms with Crippen LogP contribution < -0.4 is 5.43 Å². The van der Waals surface area contributed by atoms with E-state index in [0.29, 0.717) is 11.4 Å². The standard InChI is InChI=1S/C7H7IN2O3/c1-4-3-6(11)7(10(12)13)5(2)9(4)8/h3H,1-2H3. The van der Waals surface area contributed by atoms with E-state index >= 15 is 0 Å². The van der Waals surface area contributed by atoms with Crippen LogP contribution >= 0.6 is 22.9 Å². The Labute approximate surface area is 88.0 Å². The third-order valence-electron chi connectivity index (χ3n) is 1.70. The van der Waals surface area contributed by atoms with Crippen LogP contribution in [0.15, 0.2) is 10.9 Å². The molecule has 0 aliphatic carbocycles. The molecule has 0 fully saturated rings. The van der Waals surface area contributed by atoms with Crippen LogP contribution in [0.2, 0.25) is 0 Å². The predicted molar refractivity (Wildman–Crippen MR) is 56.2 cm³/mol. The summed E-state index contributed by atoms with van der Waals surface area (Å²) >= 11 is 1.92. The quantitative estimate of drug-likeness (QED) is 0.448. The zero-order valence-electron chi connectivity index (χ0n) is 7.07. The number of nitro groups is 1. The second-order valence-electron chi connectivity index (χ2n) is 2.62. The fourth-order valence-electron chi connectivity index (χ4n) is 1.07. The molecule has 0 spiro atoms. The molecule has 0 aliphatic heterocycles. The van der Waals surface area contributed by atoms with E-state index in [1.165, 1.54) is 6.07 Å². The number of hydrogen-bond acceptors (Lipinski definition) is 3. The van der Waals surface area contributed by atoms with Gasteiger partial charge in [0.1, 0.15) is 5.69 Å². The number of aromatic nitrogens is 1. The maximum absolute atomic E-state index is 11.2. The fourth-order valence-corrected chi connectivity index (χ4v) is 1.44. The third-order valence-corrected chi connectivity index (χ3v) is 3.19. The number of pyridine rings is 1. The minimum absolute atomic E-state index is 0.347. The van der Waals surface area contributed by atoms with Gasteiger partial charge >= 0.3 is 5.69 Å². The van der Waals surface area contributed by atoms with Crippen molar-refractivity contribution in [3.05, 3.63) is 37.8 Å². The molecule has 0 aliphatic rings. The minimum atomic E-state index is -0.647. The van der Waals surface area contributed by atoms with Gasteiger partial charge in [0.25, 0.3) is 5.43 Å². The minimum Gasteiger partial charge on any atom is -0.284 e. The molecule has 1 aromatic rings. The van der Waals surface area contributed by atoms with Gasteiger partial charge in [0, 0.05) is 11.8 Å². The lowest BCUT2D eigenvalue weighted by molar-refractivity contribution is -0.386. The number of nitrogens with zero attached hydrogens (tertiary/aromatic N) is 2. The summed E-state index contributed by atoms with van der Waals surface area (Å²) in [5, 5.41) is 10.5. The van der Waals surface area contributed by atoms with Crippen molar-refractivity contribution < 1.29 is 4.92 Å². The monoisotopic (exact) mass is 294 g/mol. The van der Waals surface area contributed by atoms with Gasteiger partial charge in [-0.25, -0.2) is 0 Å². The zero-order chi connectivity index (χ0) is 10.2. The van der Waals surface area contributed by atoms with Gasteiger partial charge in [0.2, 0.25) is 0 Å². The zero-order valence-corrected chi connectivity index (χ0v) is 9.23. The molecule has 0 bridgehead atoms. The summed E-state index contributed by atoms with van der Waals surface area (Å²) in [5.41, 5.74) is 0.192. The van der Waals surface area contributed by atoms with Crippen molar-refractivity contribution >= 4 is 28.6 Å². The highest BCUT2D eigenvalue weighted by Crippen LogP contribution is 2.16. The van der Waals surface area contributed by atoms with E-state index in [2.05, 4.69) is 0 Å². The third kappa shape index (κ3) is 1.71. The van der Waals surface area contributed by atoms with E-state index in [4.69, 9.17) is 0 Å². The van der Waals surface area contributed by atoms with Crippen LogP contribution in [0.25, 0.3) is 0 Å². The Balaban J connectivity index is 3.63. The summed E-state index contributed by atoms with van der Waals surface area (Å²) in [4.78, 5) is 21.0. The van der Waals surface area contributed by atoms with E-state index in [1.54, 1.807) is 16.6 Å². The van der Waals surface area contributed by atoms with Gasteiger partial charge in [-0.3, -0.25) is 17.7 Å². The van der Waals surface area contributed by atoms with Crippen molar-refractivity contribution in [2.45, 2.75) is 13.8 Å². The first-order valence-electron chi connectivity index (χ1n) is 3.49. The summed E-state index contributed by atoms with van der Waals surface area (Å²) in [6.07, 6.45) is 0. The molecule has 5 nitrogen and oxygen atoms in total. The molecule has 1 aromatic heterocycles. The average molecular weight is 294 g/mol. The van der Waals surface area contributed by atoms with Crippen molar-refractivity contribution in [1.82, 2.24) is 2.78 Å². The van der Waals surface area contributed by atoms with Crippen LogP contribution in [0.5, 0.6) is 0 Å². The summed E-state index contributed by atoms with van der Waals surface area (Å²) in [5.74, 6) is 0. The van der Waals surface area contributed by atoms with E-state index in [1.807, 2.05) is 22.9 Å².